The second-order valence-electron chi connectivity index (χ2n) is 3.09. The van der Waals surface area contributed by atoms with E-state index in [1.807, 2.05) is 0 Å². The summed E-state index contributed by atoms with van der Waals surface area (Å²) in [5.41, 5.74) is 0.704. The van der Waals surface area contributed by atoms with Gasteiger partial charge in [-0.15, -0.1) is 6.58 Å². The van der Waals surface area contributed by atoms with Gasteiger partial charge in [0.2, 0.25) is 5.91 Å². The van der Waals surface area contributed by atoms with Crippen LogP contribution < -0.4 is 10.6 Å². The Kier molecular flexibility index (Phi) is 5.52. The number of carbonyl (C=O) groups is 1. The molecule has 1 amide bonds. The Labute approximate surface area is 108 Å². The molecule has 16 heavy (non-hydrogen) atoms. The van der Waals surface area contributed by atoms with Gasteiger partial charge < -0.3 is 10.6 Å². The molecule has 0 atom stereocenters. The number of carbonyl (C=O) groups excluding carboxylic acids is 1. The van der Waals surface area contributed by atoms with Crippen LogP contribution in [-0.4, -0.2) is 19.0 Å². The maximum atomic E-state index is 11.5. The van der Waals surface area contributed by atoms with Crippen molar-refractivity contribution in [3.05, 3.63) is 40.3 Å². The van der Waals surface area contributed by atoms with Gasteiger partial charge in [0.05, 0.1) is 12.2 Å². The molecule has 0 unspecified atom stereocenters. The second-order valence-corrected chi connectivity index (χ2v) is 4.38. The van der Waals surface area contributed by atoms with Crippen LogP contribution in [0.25, 0.3) is 0 Å². The normalized spacial score (nSPS) is 9.88. The van der Waals surface area contributed by atoms with Crippen molar-refractivity contribution in [2.45, 2.75) is 0 Å². The lowest BCUT2D eigenvalue weighted by molar-refractivity contribution is -0.115. The topological polar surface area (TPSA) is 41.1 Å². The highest BCUT2D eigenvalue weighted by molar-refractivity contribution is 9.10. The highest BCUT2D eigenvalue weighted by Gasteiger charge is 2.04. The quantitative estimate of drug-likeness (QED) is 0.649. The van der Waals surface area contributed by atoms with Gasteiger partial charge in [-0.1, -0.05) is 17.7 Å². The lowest BCUT2D eigenvalue weighted by Crippen LogP contribution is -2.28. The number of halogens is 2. The third-order valence-corrected chi connectivity index (χ3v) is 2.67. The van der Waals surface area contributed by atoms with Crippen LogP contribution in [0.15, 0.2) is 35.3 Å². The van der Waals surface area contributed by atoms with Gasteiger partial charge in [0.15, 0.2) is 0 Å². The van der Waals surface area contributed by atoms with Crippen molar-refractivity contribution in [3.63, 3.8) is 0 Å². The number of nitrogens with one attached hydrogen (secondary N) is 2. The third kappa shape index (κ3) is 4.35. The number of amides is 1. The first-order valence-corrected chi connectivity index (χ1v) is 5.87. The Balaban J connectivity index is 2.52. The molecule has 5 heteroatoms. The van der Waals surface area contributed by atoms with Gasteiger partial charge in [0, 0.05) is 16.0 Å². The Morgan fingerprint density at radius 3 is 2.94 bits per heavy atom. The number of benzene rings is 1. The molecule has 0 saturated heterocycles. The summed E-state index contributed by atoms with van der Waals surface area (Å²) in [4.78, 5) is 11.5. The first-order chi connectivity index (χ1) is 7.63. The van der Waals surface area contributed by atoms with Crippen LogP contribution in [0.1, 0.15) is 0 Å². The van der Waals surface area contributed by atoms with Crippen LogP contribution in [0.2, 0.25) is 5.02 Å². The summed E-state index contributed by atoms with van der Waals surface area (Å²) < 4.78 is 0.761. The summed E-state index contributed by atoms with van der Waals surface area (Å²) in [5.74, 6) is -0.107. The van der Waals surface area contributed by atoms with Gasteiger partial charge in [-0.25, -0.2) is 0 Å². The Bertz CT molecular complexity index is 396. The van der Waals surface area contributed by atoms with Crippen LogP contribution in [-0.2, 0) is 4.79 Å². The Hall–Kier alpha value is -0.840. The van der Waals surface area contributed by atoms with Crippen molar-refractivity contribution in [3.8, 4) is 0 Å². The average Bonchev–Trinajstić information content (AvgIpc) is 2.23. The average molecular weight is 304 g/mol. The number of hydrogen-bond acceptors (Lipinski definition) is 2. The minimum Gasteiger partial charge on any atom is -0.324 e. The van der Waals surface area contributed by atoms with Crippen molar-refractivity contribution < 1.29 is 4.79 Å². The smallest absolute Gasteiger partial charge is 0.238 e. The van der Waals surface area contributed by atoms with Gasteiger partial charge in [0.1, 0.15) is 0 Å². The molecule has 0 aliphatic carbocycles. The van der Waals surface area contributed by atoms with Crippen molar-refractivity contribution in [2.75, 3.05) is 18.4 Å². The van der Waals surface area contributed by atoms with E-state index in [4.69, 9.17) is 11.6 Å². The fourth-order valence-corrected chi connectivity index (χ4v) is 1.85. The fraction of sp³-hybridized carbons (Fsp3) is 0.182. The van der Waals surface area contributed by atoms with Crippen LogP contribution >= 0.6 is 27.5 Å². The van der Waals surface area contributed by atoms with E-state index in [1.54, 1.807) is 24.3 Å². The monoisotopic (exact) mass is 302 g/mol. The van der Waals surface area contributed by atoms with Gasteiger partial charge >= 0.3 is 0 Å². The van der Waals surface area contributed by atoms with Gasteiger partial charge in [-0.2, -0.15) is 0 Å². The van der Waals surface area contributed by atoms with E-state index >= 15 is 0 Å². The summed E-state index contributed by atoms with van der Waals surface area (Å²) in [6, 6.07) is 5.20. The maximum Gasteiger partial charge on any atom is 0.238 e. The minimum atomic E-state index is -0.107. The SMILES string of the molecule is C=CCNCC(=O)Nc1ccc(Cl)cc1Br. The van der Waals surface area contributed by atoms with Crippen molar-refractivity contribution in [1.82, 2.24) is 5.32 Å². The highest BCUT2D eigenvalue weighted by Crippen LogP contribution is 2.25. The molecule has 3 nitrogen and oxygen atoms in total. The third-order valence-electron chi connectivity index (χ3n) is 1.78. The zero-order valence-corrected chi connectivity index (χ0v) is 10.9. The molecular weight excluding hydrogens is 291 g/mol. The van der Waals surface area contributed by atoms with E-state index in [0.717, 1.165) is 4.47 Å². The van der Waals surface area contributed by atoms with Gasteiger partial charge in [0.25, 0.3) is 0 Å². The molecule has 0 heterocycles. The molecule has 0 saturated carbocycles. The predicted octanol–water partition coefficient (Wildman–Crippen LogP) is 2.82. The second kappa shape index (κ2) is 6.68. The fourth-order valence-electron chi connectivity index (χ4n) is 1.07. The first-order valence-electron chi connectivity index (χ1n) is 4.70. The number of rotatable bonds is 5. The maximum absolute atomic E-state index is 11.5. The summed E-state index contributed by atoms with van der Waals surface area (Å²) in [6.45, 7) is 4.41. The zero-order chi connectivity index (χ0) is 12.0. The van der Waals surface area contributed by atoms with E-state index in [0.29, 0.717) is 17.3 Å². The molecule has 1 aromatic carbocycles. The largest absolute Gasteiger partial charge is 0.324 e. The van der Waals surface area contributed by atoms with E-state index in [9.17, 15) is 4.79 Å². The lowest BCUT2D eigenvalue weighted by Gasteiger charge is -2.07. The van der Waals surface area contributed by atoms with Crippen molar-refractivity contribution in [1.29, 1.82) is 0 Å². The van der Waals surface area contributed by atoms with Crippen molar-refractivity contribution >= 4 is 39.1 Å². The number of hydrogen-bond donors (Lipinski definition) is 2. The van der Waals surface area contributed by atoms with Crippen LogP contribution in [0.3, 0.4) is 0 Å². The highest BCUT2D eigenvalue weighted by atomic mass is 79.9. The molecule has 0 aliphatic rings. The van der Waals surface area contributed by atoms with Gasteiger partial charge in [-0.3, -0.25) is 4.79 Å². The Morgan fingerprint density at radius 2 is 2.31 bits per heavy atom. The molecule has 86 valence electrons. The molecule has 0 aromatic heterocycles. The van der Waals surface area contributed by atoms with Gasteiger partial charge in [-0.05, 0) is 34.1 Å². The molecular formula is C11H12BrClN2O. The zero-order valence-electron chi connectivity index (χ0n) is 8.59. The lowest BCUT2D eigenvalue weighted by atomic mass is 10.3. The Morgan fingerprint density at radius 1 is 1.56 bits per heavy atom. The molecule has 2 N–H and O–H groups in total. The van der Waals surface area contributed by atoms with Crippen LogP contribution in [0.4, 0.5) is 5.69 Å². The predicted molar refractivity (Wildman–Crippen MR) is 70.8 cm³/mol. The molecule has 0 radical (unpaired) electrons. The molecule has 0 bridgehead atoms. The summed E-state index contributed by atoms with van der Waals surface area (Å²) in [5, 5.41) is 6.29. The van der Waals surface area contributed by atoms with Crippen molar-refractivity contribution in [2.24, 2.45) is 0 Å². The standard InChI is InChI=1S/C11H12BrClN2O/c1-2-5-14-7-11(16)15-10-4-3-8(13)6-9(10)12/h2-4,6,14H,1,5,7H2,(H,15,16). The number of anilines is 1. The molecule has 0 spiro atoms. The van der Waals surface area contributed by atoms with Crippen LogP contribution in [0, 0.1) is 0 Å². The van der Waals surface area contributed by atoms with E-state index in [2.05, 4.69) is 33.1 Å². The van der Waals surface area contributed by atoms with Crippen LogP contribution in [0.5, 0.6) is 0 Å². The molecule has 0 fully saturated rings. The van der Waals surface area contributed by atoms with E-state index < -0.39 is 0 Å². The summed E-state index contributed by atoms with van der Waals surface area (Å²) in [6.07, 6.45) is 1.70. The van der Waals surface area contributed by atoms with E-state index in [1.165, 1.54) is 0 Å². The summed E-state index contributed by atoms with van der Waals surface area (Å²) >= 11 is 9.11. The minimum absolute atomic E-state index is 0.107. The molecule has 1 aromatic rings. The first kappa shape index (κ1) is 13.2. The van der Waals surface area contributed by atoms with E-state index in [-0.39, 0.29) is 12.5 Å². The molecule has 0 aliphatic heterocycles. The molecule has 1 rings (SSSR count). The summed E-state index contributed by atoms with van der Waals surface area (Å²) in [7, 11) is 0.